The van der Waals surface area contributed by atoms with E-state index >= 15 is 0 Å². The third-order valence-electron chi connectivity index (χ3n) is 3.45. The number of rotatable bonds is 3. The predicted octanol–water partition coefficient (Wildman–Crippen LogP) is 3.58. The van der Waals surface area contributed by atoms with E-state index < -0.39 is 0 Å². The lowest BCUT2D eigenvalue weighted by molar-refractivity contribution is 0.0949. The van der Waals surface area contributed by atoms with Gasteiger partial charge in [0.05, 0.1) is 5.56 Å². The molecule has 2 aromatic rings. The Morgan fingerprint density at radius 3 is 2.47 bits per heavy atom. The van der Waals surface area contributed by atoms with Crippen LogP contribution in [0.25, 0.3) is 0 Å². The number of hydrogen-bond donors (Lipinski definition) is 1. The minimum absolute atomic E-state index is 0.0356. The molecular weight excluding hydrogens is 349 g/mol. The van der Waals surface area contributed by atoms with Crippen LogP contribution in [0.4, 0.5) is 0 Å². The van der Waals surface area contributed by atoms with Gasteiger partial charge in [-0.1, -0.05) is 42.5 Å². The summed E-state index contributed by atoms with van der Waals surface area (Å²) in [6.45, 7) is 0. The van der Waals surface area contributed by atoms with Gasteiger partial charge in [0.2, 0.25) is 0 Å². The van der Waals surface area contributed by atoms with E-state index in [1.165, 1.54) is 5.56 Å². The molecule has 3 heteroatoms. The van der Waals surface area contributed by atoms with Gasteiger partial charge in [-0.15, -0.1) is 0 Å². The highest BCUT2D eigenvalue weighted by Gasteiger charge is 2.39. The summed E-state index contributed by atoms with van der Waals surface area (Å²) in [5, 5.41) is 3.12. The fourth-order valence-electron chi connectivity index (χ4n) is 2.31. The van der Waals surface area contributed by atoms with Crippen LogP contribution in [0.5, 0.6) is 0 Å². The third-order valence-corrected chi connectivity index (χ3v) is 4.39. The van der Waals surface area contributed by atoms with Crippen molar-refractivity contribution >= 4 is 28.5 Å². The van der Waals surface area contributed by atoms with Crippen LogP contribution in [-0.2, 0) is 0 Å². The van der Waals surface area contributed by atoms with Gasteiger partial charge in [-0.3, -0.25) is 4.79 Å². The molecule has 2 aromatic carbocycles. The van der Waals surface area contributed by atoms with Gasteiger partial charge in [-0.25, -0.2) is 0 Å². The molecule has 0 aromatic heterocycles. The second-order valence-corrected chi connectivity index (χ2v) is 5.97. The highest BCUT2D eigenvalue weighted by atomic mass is 127. The zero-order chi connectivity index (χ0) is 13.2. The van der Waals surface area contributed by atoms with Crippen LogP contribution < -0.4 is 5.32 Å². The van der Waals surface area contributed by atoms with Crippen molar-refractivity contribution < 1.29 is 4.79 Å². The zero-order valence-corrected chi connectivity index (χ0v) is 12.5. The molecule has 2 atom stereocenters. The predicted molar refractivity (Wildman–Crippen MR) is 84.2 cm³/mol. The summed E-state index contributed by atoms with van der Waals surface area (Å²) in [7, 11) is 0. The van der Waals surface area contributed by atoms with Crippen molar-refractivity contribution in [3.8, 4) is 0 Å². The highest BCUT2D eigenvalue weighted by Crippen LogP contribution is 2.40. The molecule has 1 N–H and O–H groups in total. The summed E-state index contributed by atoms with van der Waals surface area (Å²) >= 11 is 2.20. The molecule has 0 spiro atoms. The van der Waals surface area contributed by atoms with E-state index in [4.69, 9.17) is 0 Å². The Hall–Kier alpha value is -1.36. The summed E-state index contributed by atoms with van der Waals surface area (Å²) < 4.78 is 0.995. The lowest BCUT2D eigenvalue weighted by Gasteiger charge is -2.06. The average molecular weight is 363 g/mol. The Morgan fingerprint density at radius 1 is 1.05 bits per heavy atom. The molecule has 96 valence electrons. The first kappa shape index (κ1) is 12.7. The van der Waals surface area contributed by atoms with Crippen molar-refractivity contribution in [3.63, 3.8) is 0 Å². The number of carbonyl (C=O) groups is 1. The Morgan fingerprint density at radius 2 is 1.74 bits per heavy atom. The summed E-state index contributed by atoms with van der Waals surface area (Å²) in [6.07, 6.45) is 1.04. The van der Waals surface area contributed by atoms with Gasteiger partial charge >= 0.3 is 0 Å². The smallest absolute Gasteiger partial charge is 0.252 e. The summed E-state index contributed by atoms with van der Waals surface area (Å²) in [4.78, 5) is 12.2. The number of amides is 1. The first-order valence-corrected chi connectivity index (χ1v) is 7.44. The molecule has 2 unspecified atom stereocenters. The van der Waals surface area contributed by atoms with Crippen molar-refractivity contribution in [2.24, 2.45) is 0 Å². The van der Waals surface area contributed by atoms with E-state index in [-0.39, 0.29) is 11.9 Å². The minimum atomic E-state index is 0.0356. The van der Waals surface area contributed by atoms with E-state index in [2.05, 4.69) is 40.0 Å². The molecule has 0 heterocycles. The lowest BCUT2D eigenvalue weighted by atomic mass is 10.1. The highest BCUT2D eigenvalue weighted by molar-refractivity contribution is 14.1. The Balaban J connectivity index is 1.66. The van der Waals surface area contributed by atoms with Gasteiger partial charge in [0, 0.05) is 15.5 Å². The number of nitrogens with one attached hydrogen (secondary N) is 1. The van der Waals surface area contributed by atoms with Crippen LogP contribution in [0, 0.1) is 3.57 Å². The fraction of sp³-hybridized carbons (Fsp3) is 0.188. The molecule has 2 nitrogen and oxygen atoms in total. The Bertz CT molecular complexity index is 597. The maximum absolute atomic E-state index is 12.2. The van der Waals surface area contributed by atoms with Gasteiger partial charge in [-0.05, 0) is 46.7 Å². The van der Waals surface area contributed by atoms with Crippen molar-refractivity contribution in [1.29, 1.82) is 0 Å². The van der Waals surface area contributed by atoms with Crippen LogP contribution in [0.2, 0.25) is 0 Å². The number of hydrogen-bond acceptors (Lipinski definition) is 1. The standard InChI is InChI=1S/C16H14INO/c17-14-9-5-4-8-12(14)16(19)18-15-10-13(15)11-6-2-1-3-7-11/h1-9,13,15H,10H2,(H,18,19). The average Bonchev–Trinajstić information content (AvgIpc) is 3.19. The molecule has 1 aliphatic carbocycles. The molecular formula is C16H14INO. The molecule has 0 bridgehead atoms. The quantitative estimate of drug-likeness (QED) is 0.830. The largest absolute Gasteiger partial charge is 0.349 e. The summed E-state index contributed by atoms with van der Waals surface area (Å²) in [5.74, 6) is 0.514. The van der Waals surface area contributed by atoms with Crippen LogP contribution in [-0.4, -0.2) is 11.9 Å². The summed E-state index contributed by atoms with van der Waals surface area (Å²) in [6, 6.07) is 18.3. The number of carbonyl (C=O) groups excluding carboxylic acids is 1. The summed E-state index contributed by atoms with van der Waals surface area (Å²) in [5.41, 5.74) is 2.08. The van der Waals surface area contributed by atoms with E-state index in [9.17, 15) is 4.79 Å². The molecule has 0 saturated heterocycles. The minimum Gasteiger partial charge on any atom is -0.349 e. The maximum atomic E-state index is 12.2. The van der Waals surface area contributed by atoms with Crippen molar-refractivity contribution in [3.05, 3.63) is 69.3 Å². The topological polar surface area (TPSA) is 29.1 Å². The molecule has 0 radical (unpaired) electrons. The molecule has 0 aliphatic heterocycles. The Kier molecular flexibility index (Phi) is 3.55. The van der Waals surface area contributed by atoms with Crippen molar-refractivity contribution in [2.45, 2.75) is 18.4 Å². The number of benzene rings is 2. The second kappa shape index (κ2) is 5.33. The number of halogens is 1. The molecule has 1 saturated carbocycles. The van der Waals surface area contributed by atoms with Gasteiger partial charge < -0.3 is 5.32 Å². The molecule has 1 amide bonds. The van der Waals surface area contributed by atoms with E-state index in [1.807, 2.05) is 42.5 Å². The van der Waals surface area contributed by atoms with Gasteiger partial charge in [0.1, 0.15) is 0 Å². The van der Waals surface area contributed by atoms with Gasteiger partial charge in [0.15, 0.2) is 0 Å². The zero-order valence-electron chi connectivity index (χ0n) is 10.3. The normalized spacial score (nSPS) is 20.9. The van der Waals surface area contributed by atoms with Crippen LogP contribution >= 0.6 is 22.6 Å². The lowest BCUT2D eigenvalue weighted by Crippen LogP contribution is -2.27. The molecule has 1 fully saturated rings. The second-order valence-electron chi connectivity index (χ2n) is 4.81. The van der Waals surface area contributed by atoms with Gasteiger partial charge in [-0.2, -0.15) is 0 Å². The van der Waals surface area contributed by atoms with E-state index in [0.717, 1.165) is 15.6 Å². The van der Waals surface area contributed by atoms with Crippen LogP contribution in [0.1, 0.15) is 28.3 Å². The molecule has 3 rings (SSSR count). The van der Waals surface area contributed by atoms with Crippen molar-refractivity contribution in [2.75, 3.05) is 0 Å². The molecule has 19 heavy (non-hydrogen) atoms. The van der Waals surface area contributed by atoms with Crippen LogP contribution in [0.15, 0.2) is 54.6 Å². The van der Waals surface area contributed by atoms with E-state index in [1.54, 1.807) is 0 Å². The van der Waals surface area contributed by atoms with E-state index in [0.29, 0.717) is 5.92 Å². The fourth-order valence-corrected chi connectivity index (χ4v) is 2.95. The first-order valence-electron chi connectivity index (χ1n) is 6.36. The monoisotopic (exact) mass is 363 g/mol. The molecule has 1 aliphatic rings. The SMILES string of the molecule is O=C(NC1CC1c1ccccc1)c1ccccc1I. The van der Waals surface area contributed by atoms with Crippen molar-refractivity contribution in [1.82, 2.24) is 5.32 Å². The Labute approximate surface area is 126 Å². The third kappa shape index (κ3) is 2.81. The van der Waals surface area contributed by atoms with Crippen LogP contribution in [0.3, 0.4) is 0 Å². The first-order chi connectivity index (χ1) is 9.25. The van der Waals surface area contributed by atoms with Gasteiger partial charge in [0.25, 0.3) is 5.91 Å². The maximum Gasteiger partial charge on any atom is 0.252 e.